The molecule has 1 heterocycles. The Kier molecular flexibility index (Phi) is 3.63. The monoisotopic (exact) mass is 323 g/mol. The average Bonchev–Trinajstić information content (AvgIpc) is 2.70. The number of amides is 1. The first-order chi connectivity index (χ1) is 9.96. The molecule has 0 radical (unpaired) electrons. The van der Waals surface area contributed by atoms with Gasteiger partial charge >= 0.3 is 0 Å². The lowest BCUT2D eigenvalue weighted by atomic mass is 10.0. The average molecular weight is 324 g/mol. The van der Waals surface area contributed by atoms with Crippen molar-refractivity contribution < 1.29 is 13.2 Å². The third kappa shape index (κ3) is 2.89. The largest absolute Gasteiger partial charge is 0.347 e. The van der Waals surface area contributed by atoms with E-state index in [0.29, 0.717) is 5.56 Å². The molecule has 2 aromatic carbocycles. The fraction of sp³-hybridized carbons (Fsp3) is 0.267. The van der Waals surface area contributed by atoms with Gasteiger partial charge in [0.2, 0.25) is 0 Å². The van der Waals surface area contributed by atoms with Gasteiger partial charge in [0, 0.05) is 5.56 Å². The Morgan fingerprint density at radius 1 is 1.10 bits per heavy atom. The van der Waals surface area contributed by atoms with Crippen LogP contribution in [0.25, 0.3) is 10.8 Å². The van der Waals surface area contributed by atoms with E-state index in [0.717, 1.165) is 10.8 Å². The Morgan fingerprint density at radius 3 is 2.52 bits per heavy atom. The summed E-state index contributed by atoms with van der Waals surface area (Å²) in [6, 6.07) is 12.5. The van der Waals surface area contributed by atoms with Gasteiger partial charge in [-0.1, -0.05) is 36.4 Å². The molecule has 21 heavy (non-hydrogen) atoms. The molecule has 1 saturated heterocycles. The predicted octanol–water partition coefficient (Wildman–Crippen LogP) is 1.97. The topological polar surface area (TPSA) is 63.2 Å². The number of nitrogens with one attached hydrogen (secondary N) is 1. The van der Waals surface area contributed by atoms with Gasteiger partial charge in [-0.3, -0.25) is 4.79 Å². The molecule has 1 fully saturated rings. The summed E-state index contributed by atoms with van der Waals surface area (Å²) in [5, 5.41) is 3.97. The number of hydrogen-bond acceptors (Lipinski definition) is 3. The number of carbonyl (C=O) groups is 1. The Bertz CT molecular complexity index is 798. The van der Waals surface area contributed by atoms with E-state index < -0.39 is 21.3 Å². The van der Waals surface area contributed by atoms with Crippen molar-refractivity contribution >= 4 is 38.1 Å². The van der Waals surface area contributed by atoms with E-state index in [9.17, 15) is 13.2 Å². The molecule has 1 amide bonds. The van der Waals surface area contributed by atoms with Crippen LogP contribution in [0.15, 0.2) is 42.5 Å². The number of sulfone groups is 1. The van der Waals surface area contributed by atoms with Crippen LogP contribution >= 0.6 is 11.6 Å². The fourth-order valence-electron chi connectivity index (χ4n) is 2.61. The summed E-state index contributed by atoms with van der Waals surface area (Å²) >= 11 is 6.02. The Morgan fingerprint density at radius 2 is 1.81 bits per heavy atom. The molecule has 1 aliphatic heterocycles. The molecule has 6 heteroatoms. The summed E-state index contributed by atoms with van der Waals surface area (Å²) in [5.74, 6) is -0.480. The van der Waals surface area contributed by atoms with Crippen LogP contribution < -0.4 is 5.32 Å². The molecule has 0 aliphatic carbocycles. The molecule has 2 aromatic rings. The lowest BCUT2D eigenvalue weighted by molar-refractivity contribution is 0.0943. The van der Waals surface area contributed by atoms with Crippen LogP contribution in [-0.4, -0.2) is 37.2 Å². The summed E-state index contributed by atoms with van der Waals surface area (Å²) < 4.78 is 23.1. The predicted molar refractivity (Wildman–Crippen MR) is 83.5 cm³/mol. The van der Waals surface area contributed by atoms with Crippen molar-refractivity contribution in [2.45, 2.75) is 11.4 Å². The maximum Gasteiger partial charge on any atom is 0.252 e. The van der Waals surface area contributed by atoms with Gasteiger partial charge < -0.3 is 5.32 Å². The van der Waals surface area contributed by atoms with Crippen LogP contribution in [0.3, 0.4) is 0 Å². The minimum Gasteiger partial charge on any atom is -0.347 e. The first-order valence-electron chi connectivity index (χ1n) is 6.59. The number of carbonyl (C=O) groups excluding carboxylic acids is 1. The maximum absolute atomic E-state index is 12.4. The molecule has 1 N–H and O–H groups in total. The summed E-state index contributed by atoms with van der Waals surface area (Å²) in [5.41, 5.74) is 0.529. The highest BCUT2D eigenvalue weighted by Gasteiger charge is 2.37. The number of fused-ring (bicyclic) bond motifs is 1. The number of halogens is 1. The van der Waals surface area contributed by atoms with Crippen molar-refractivity contribution in [3.63, 3.8) is 0 Å². The quantitative estimate of drug-likeness (QED) is 0.859. The van der Waals surface area contributed by atoms with Crippen molar-refractivity contribution in [3.8, 4) is 0 Å². The van der Waals surface area contributed by atoms with Gasteiger partial charge in [-0.15, -0.1) is 11.6 Å². The van der Waals surface area contributed by atoms with Crippen LogP contribution in [0.4, 0.5) is 0 Å². The molecule has 2 atom stereocenters. The maximum atomic E-state index is 12.4. The van der Waals surface area contributed by atoms with Gasteiger partial charge in [0.25, 0.3) is 5.91 Å². The Hall–Kier alpha value is -1.59. The molecule has 0 aromatic heterocycles. The van der Waals surface area contributed by atoms with E-state index >= 15 is 0 Å². The first-order valence-corrected chi connectivity index (χ1v) is 8.85. The highest BCUT2D eigenvalue weighted by atomic mass is 35.5. The van der Waals surface area contributed by atoms with Crippen molar-refractivity contribution in [1.82, 2.24) is 5.32 Å². The van der Waals surface area contributed by atoms with Crippen molar-refractivity contribution in [2.75, 3.05) is 11.5 Å². The molecule has 0 unspecified atom stereocenters. The van der Waals surface area contributed by atoms with Crippen LogP contribution in [0.2, 0.25) is 0 Å². The van der Waals surface area contributed by atoms with E-state index in [-0.39, 0.29) is 17.4 Å². The summed E-state index contributed by atoms with van der Waals surface area (Å²) in [6.45, 7) is 0. The van der Waals surface area contributed by atoms with E-state index in [1.165, 1.54) is 0 Å². The van der Waals surface area contributed by atoms with E-state index in [1.54, 1.807) is 12.1 Å². The Balaban J connectivity index is 1.88. The Labute approximate surface area is 128 Å². The van der Waals surface area contributed by atoms with Gasteiger partial charge in [-0.25, -0.2) is 8.42 Å². The summed E-state index contributed by atoms with van der Waals surface area (Å²) in [6.07, 6.45) is 0. The van der Waals surface area contributed by atoms with Gasteiger partial charge in [0.1, 0.15) is 0 Å². The van der Waals surface area contributed by atoms with E-state index in [1.807, 2.05) is 30.3 Å². The zero-order valence-electron chi connectivity index (χ0n) is 11.1. The minimum absolute atomic E-state index is 0.0883. The summed E-state index contributed by atoms with van der Waals surface area (Å²) in [7, 11) is -3.16. The van der Waals surface area contributed by atoms with Gasteiger partial charge in [0.15, 0.2) is 9.84 Å². The van der Waals surface area contributed by atoms with Crippen LogP contribution in [0, 0.1) is 0 Å². The van der Waals surface area contributed by atoms with Crippen LogP contribution in [0.1, 0.15) is 10.4 Å². The van der Waals surface area contributed by atoms with Crippen molar-refractivity contribution in [1.29, 1.82) is 0 Å². The molecular weight excluding hydrogens is 310 g/mol. The van der Waals surface area contributed by atoms with Crippen LogP contribution in [0.5, 0.6) is 0 Å². The molecular formula is C15H14ClNO3S. The normalized spacial score (nSPS) is 24.0. The van der Waals surface area contributed by atoms with Gasteiger partial charge in [-0.2, -0.15) is 0 Å². The van der Waals surface area contributed by atoms with Gasteiger partial charge in [0.05, 0.1) is 22.9 Å². The lowest BCUT2D eigenvalue weighted by Crippen LogP contribution is -2.40. The molecule has 4 nitrogen and oxygen atoms in total. The zero-order chi connectivity index (χ0) is 15.0. The molecule has 110 valence electrons. The lowest BCUT2D eigenvalue weighted by Gasteiger charge is -2.15. The first kappa shape index (κ1) is 14.4. The molecule has 1 aliphatic rings. The second-order valence-electron chi connectivity index (χ2n) is 5.20. The third-order valence-corrected chi connectivity index (χ3v) is 6.01. The number of rotatable bonds is 2. The highest BCUT2D eigenvalue weighted by molar-refractivity contribution is 7.91. The molecule has 0 spiro atoms. The second-order valence-corrected chi connectivity index (χ2v) is 7.91. The zero-order valence-corrected chi connectivity index (χ0v) is 12.7. The third-order valence-electron chi connectivity index (χ3n) is 3.63. The van der Waals surface area contributed by atoms with E-state index in [2.05, 4.69) is 5.32 Å². The highest BCUT2D eigenvalue weighted by Crippen LogP contribution is 2.21. The molecule has 3 rings (SSSR count). The summed E-state index contributed by atoms with van der Waals surface area (Å²) in [4.78, 5) is 12.4. The second kappa shape index (κ2) is 5.31. The minimum atomic E-state index is -3.16. The standard InChI is InChI=1S/C15H14ClNO3S/c16-13-8-21(19,20)9-14(13)17-15(18)12-7-3-5-10-4-1-2-6-11(10)12/h1-7,13-14H,8-9H2,(H,17,18)/t13-,14-/m0/s1. The van der Waals surface area contributed by atoms with Crippen molar-refractivity contribution in [3.05, 3.63) is 48.0 Å². The number of alkyl halides is 1. The van der Waals surface area contributed by atoms with E-state index in [4.69, 9.17) is 11.6 Å². The molecule has 0 saturated carbocycles. The van der Waals surface area contributed by atoms with Crippen molar-refractivity contribution in [2.24, 2.45) is 0 Å². The smallest absolute Gasteiger partial charge is 0.252 e. The molecule has 0 bridgehead atoms. The SMILES string of the molecule is O=C(N[C@H]1CS(=O)(=O)C[C@@H]1Cl)c1cccc2ccccc12. The number of hydrogen-bond donors (Lipinski definition) is 1. The van der Waals surface area contributed by atoms with Crippen LogP contribution in [-0.2, 0) is 9.84 Å². The number of benzene rings is 2. The fourth-order valence-corrected chi connectivity index (χ4v) is 5.16. The van der Waals surface area contributed by atoms with Gasteiger partial charge in [-0.05, 0) is 16.8 Å².